The molecule has 2 heterocycles. The molecule has 0 radical (unpaired) electrons. The molecule has 14 rings (SSSR count). The van der Waals surface area contributed by atoms with E-state index in [-0.39, 0.29) is 0 Å². The first-order valence-corrected chi connectivity index (χ1v) is 23.6. The Balaban J connectivity index is 0.943. The molecule has 0 N–H and O–H groups in total. The minimum absolute atomic E-state index is 1.25. The number of benzene rings is 12. The van der Waals surface area contributed by atoms with Crippen LogP contribution in [0.25, 0.3) is 139 Å². The quantitative estimate of drug-likeness (QED) is 0.155. The van der Waals surface area contributed by atoms with E-state index in [0.717, 1.165) is 0 Å². The number of hydrogen-bond donors (Lipinski definition) is 0. The summed E-state index contributed by atoms with van der Waals surface area (Å²) in [6.45, 7) is 0. The Labute approximate surface area is 377 Å². The number of hydrogen-bond acceptors (Lipinski definition) is 2. The Bertz CT molecular complexity index is 3840. The molecule has 0 saturated heterocycles. The van der Waals surface area contributed by atoms with Gasteiger partial charge in [-0.3, -0.25) is 0 Å². The van der Waals surface area contributed by atoms with Crippen molar-refractivity contribution in [3.05, 3.63) is 218 Å². The van der Waals surface area contributed by atoms with Crippen molar-refractivity contribution in [2.24, 2.45) is 0 Å². The zero-order valence-corrected chi connectivity index (χ0v) is 36.2. The van der Waals surface area contributed by atoms with Gasteiger partial charge in [0.05, 0.1) is 0 Å². The zero-order chi connectivity index (χ0) is 41.9. The van der Waals surface area contributed by atoms with Crippen LogP contribution in [-0.2, 0) is 0 Å². The number of rotatable bonds is 4. The molecule has 14 aromatic rings. The molecule has 0 atom stereocenters. The summed E-state index contributed by atoms with van der Waals surface area (Å²) in [5.41, 5.74) is 10.2. The maximum Gasteiger partial charge on any atom is 0.0361 e. The fraction of sp³-hybridized carbons (Fsp3) is 0. The van der Waals surface area contributed by atoms with E-state index in [9.17, 15) is 0 Å². The van der Waals surface area contributed by atoms with Crippen LogP contribution in [0.15, 0.2) is 218 Å². The largest absolute Gasteiger partial charge is 0.135 e. The van der Waals surface area contributed by atoms with Crippen LogP contribution < -0.4 is 0 Å². The molecule has 0 nitrogen and oxygen atoms in total. The van der Waals surface area contributed by atoms with E-state index < -0.39 is 0 Å². The maximum atomic E-state index is 2.45. The summed E-state index contributed by atoms with van der Waals surface area (Å²) >= 11 is 3.82. The highest BCUT2D eigenvalue weighted by Gasteiger charge is 2.21. The summed E-state index contributed by atoms with van der Waals surface area (Å²) in [6.07, 6.45) is 0. The van der Waals surface area contributed by atoms with Gasteiger partial charge in [-0.15, -0.1) is 22.7 Å². The highest BCUT2D eigenvalue weighted by atomic mass is 32.1. The fourth-order valence-corrected chi connectivity index (χ4v) is 13.3. The summed E-state index contributed by atoms with van der Waals surface area (Å²) in [4.78, 5) is 0. The van der Waals surface area contributed by atoms with Crippen molar-refractivity contribution in [3.63, 3.8) is 0 Å². The molecule has 0 fully saturated rings. The van der Waals surface area contributed by atoms with Gasteiger partial charge in [0.25, 0.3) is 0 Å². The lowest BCUT2D eigenvalue weighted by Gasteiger charge is -2.17. The van der Waals surface area contributed by atoms with Crippen LogP contribution in [0.3, 0.4) is 0 Å². The second-order valence-corrected chi connectivity index (χ2v) is 19.2. The van der Waals surface area contributed by atoms with Gasteiger partial charge < -0.3 is 0 Å². The minimum Gasteiger partial charge on any atom is -0.135 e. The first kappa shape index (κ1) is 35.9. The van der Waals surface area contributed by atoms with Gasteiger partial charge in [-0.2, -0.15) is 0 Å². The third-order valence-electron chi connectivity index (χ3n) is 13.6. The summed E-state index contributed by atoms with van der Waals surface area (Å²) in [7, 11) is 0. The molecule has 0 amide bonds. The first-order chi connectivity index (χ1) is 31.8. The van der Waals surface area contributed by atoms with Crippen molar-refractivity contribution in [1.82, 2.24) is 0 Å². The lowest BCUT2D eigenvalue weighted by Crippen LogP contribution is -1.90. The molecule has 0 aliphatic carbocycles. The van der Waals surface area contributed by atoms with E-state index in [0.29, 0.717) is 0 Å². The molecule has 2 aromatic heterocycles. The molecule has 0 aliphatic heterocycles. The Hall–Kier alpha value is -7.62. The van der Waals surface area contributed by atoms with Crippen LogP contribution in [0.1, 0.15) is 0 Å². The van der Waals surface area contributed by atoms with Crippen LogP contribution in [0.2, 0.25) is 0 Å². The highest BCUT2D eigenvalue weighted by Crippen LogP contribution is 2.49. The average molecular weight is 845 g/mol. The Kier molecular flexibility index (Phi) is 7.83. The third-order valence-corrected chi connectivity index (χ3v) is 15.9. The number of fused-ring (bicyclic) bond motifs is 13. The van der Waals surface area contributed by atoms with Crippen molar-refractivity contribution in [3.8, 4) is 44.5 Å². The van der Waals surface area contributed by atoms with Crippen LogP contribution >= 0.6 is 22.7 Å². The van der Waals surface area contributed by atoms with Gasteiger partial charge in [0.1, 0.15) is 0 Å². The van der Waals surface area contributed by atoms with Gasteiger partial charge >= 0.3 is 0 Å². The zero-order valence-electron chi connectivity index (χ0n) is 34.6. The van der Waals surface area contributed by atoms with Crippen molar-refractivity contribution >= 4 is 117 Å². The fourth-order valence-electron chi connectivity index (χ4n) is 11.0. The van der Waals surface area contributed by atoms with Crippen molar-refractivity contribution in [2.75, 3.05) is 0 Å². The van der Waals surface area contributed by atoms with Gasteiger partial charge in [-0.05, 0) is 123 Å². The topological polar surface area (TPSA) is 0 Å². The standard InChI is InChI=1S/C62H36S2/c1-3-15-37(16-4-1)57-41-19-7-11-23-45(41)59(46-24-12-8-20-42(46)57)39-27-29-51-55(35-39)63-53-33-31-50-49(61(51)53)32-34-54-62(50)52-30-28-40(36-56(52)64-54)60-47-25-13-9-21-43(47)58(38-17-5-2-6-18-38)44-22-10-14-26-48(44)60/h1-36H. The van der Waals surface area contributed by atoms with E-state index in [1.165, 1.54) is 139 Å². The van der Waals surface area contributed by atoms with Crippen LogP contribution in [-0.4, -0.2) is 0 Å². The summed E-state index contributed by atoms with van der Waals surface area (Å²) in [5.74, 6) is 0. The van der Waals surface area contributed by atoms with Gasteiger partial charge in [0.2, 0.25) is 0 Å². The van der Waals surface area contributed by atoms with E-state index in [2.05, 4.69) is 218 Å². The molecule has 0 aliphatic rings. The Morgan fingerprint density at radius 2 is 0.469 bits per heavy atom. The second kappa shape index (κ2) is 13.9. The van der Waals surface area contributed by atoms with E-state index in [1.807, 2.05) is 22.7 Å². The molecule has 0 bridgehead atoms. The van der Waals surface area contributed by atoms with Gasteiger partial charge in [-0.25, -0.2) is 0 Å². The lowest BCUT2D eigenvalue weighted by molar-refractivity contribution is 1.66. The maximum absolute atomic E-state index is 2.45. The van der Waals surface area contributed by atoms with Crippen LogP contribution in [0.5, 0.6) is 0 Å². The van der Waals surface area contributed by atoms with Gasteiger partial charge in [0.15, 0.2) is 0 Å². The molecule has 12 aromatic carbocycles. The monoisotopic (exact) mass is 844 g/mol. The molecule has 0 spiro atoms. The SMILES string of the molecule is c1ccc(-c2c3ccccc3c(-c3ccc4c(c3)sc3ccc5c(ccc6sc7cc(-c8c9ccccc9c(-c9ccccc9)c9ccccc89)ccc7c65)c34)c3ccccc23)cc1. The molecule has 296 valence electrons. The Morgan fingerprint density at radius 1 is 0.188 bits per heavy atom. The van der Waals surface area contributed by atoms with E-state index >= 15 is 0 Å². The summed E-state index contributed by atoms with van der Waals surface area (Å²) in [6, 6.07) is 81.4. The van der Waals surface area contributed by atoms with Crippen molar-refractivity contribution < 1.29 is 0 Å². The minimum atomic E-state index is 1.25. The second-order valence-electron chi connectivity index (χ2n) is 17.0. The molecule has 0 saturated carbocycles. The van der Waals surface area contributed by atoms with Crippen molar-refractivity contribution in [1.29, 1.82) is 0 Å². The normalized spacial score (nSPS) is 12.1. The van der Waals surface area contributed by atoms with Gasteiger partial charge in [-0.1, -0.05) is 194 Å². The van der Waals surface area contributed by atoms with Crippen LogP contribution in [0, 0.1) is 0 Å². The number of thiophene rings is 2. The smallest absolute Gasteiger partial charge is 0.0361 e. The highest BCUT2D eigenvalue weighted by molar-refractivity contribution is 7.26. The van der Waals surface area contributed by atoms with Crippen LogP contribution in [0.4, 0.5) is 0 Å². The van der Waals surface area contributed by atoms with Crippen molar-refractivity contribution in [2.45, 2.75) is 0 Å². The third kappa shape index (κ3) is 5.21. The Morgan fingerprint density at radius 3 is 0.797 bits per heavy atom. The molecule has 0 unspecified atom stereocenters. The van der Waals surface area contributed by atoms with E-state index in [4.69, 9.17) is 0 Å². The summed E-state index contributed by atoms with van der Waals surface area (Å²) < 4.78 is 5.29. The summed E-state index contributed by atoms with van der Waals surface area (Å²) in [5, 5.41) is 18.3. The molecular weight excluding hydrogens is 809 g/mol. The lowest BCUT2D eigenvalue weighted by atomic mass is 9.86. The average Bonchev–Trinajstić information content (AvgIpc) is 3.93. The predicted octanol–water partition coefficient (Wildman–Crippen LogP) is 18.9. The first-order valence-electron chi connectivity index (χ1n) is 22.0. The molecule has 2 heteroatoms. The van der Waals surface area contributed by atoms with Gasteiger partial charge in [0, 0.05) is 40.3 Å². The van der Waals surface area contributed by atoms with E-state index in [1.54, 1.807) is 0 Å². The molecular formula is C62H36S2. The molecule has 64 heavy (non-hydrogen) atoms. The predicted molar refractivity (Wildman–Crippen MR) is 281 cm³/mol.